The van der Waals surface area contributed by atoms with Crippen LogP contribution in [0.15, 0.2) is 38.9 Å². The van der Waals surface area contributed by atoms with Crippen molar-refractivity contribution >= 4 is 65.2 Å². The molecular weight excluding hydrogens is 693 g/mol. The number of fused-ring (bicyclic) bond motifs is 2. The molecule has 0 unspecified atom stereocenters. The number of anilines is 2. The van der Waals surface area contributed by atoms with Crippen molar-refractivity contribution in [2.24, 2.45) is 0 Å². The Morgan fingerprint density at radius 3 is 1.37 bits per heavy atom. The molecule has 0 aliphatic carbocycles. The van der Waals surface area contributed by atoms with E-state index in [-0.39, 0.29) is 56.1 Å². The van der Waals surface area contributed by atoms with E-state index in [1.165, 1.54) is 39.8 Å². The van der Waals surface area contributed by atoms with Gasteiger partial charge in [0.05, 0.1) is 32.2 Å². The number of benzene rings is 2. The molecule has 0 radical (unpaired) electrons. The lowest BCUT2D eigenvalue weighted by Crippen LogP contribution is -2.43. The summed E-state index contributed by atoms with van der Waals surface area (Å²) in [5.41, 5.74) is -0.995. The maximum atomic E-state index is 14.5. The standard InChI is InChI=1S/C36H56N6O7S2/c1-9-13-17-41(18-14-10-2)50(46,47)26-21-28-32(30(23-26)37-25(5)43)39-33-29(34(28)44)22-27(24-31(33)38-35(45)40-36(6,7)8)51(48,49)42(19-15-11-3)20-16-12-4/h21-24H,9-20H2,1-8H3,(H,37,43)(H,39,44)(H2,38,40,45). The summed E-state index contributed by atoms with van der Waals surface area (Å²) in [6, 6.07) is 4.56. The van der Waals surface area contributed by atoms with Gasteiger partial charge < -0.3 is 20.9 Å². The van der Waals surface area contributed by atoms with Crippen LogP contribution < -0.4 is 21.4 Å². The van der Waals surface area contributed by atoms with E-state index in [9.17, 15) is 31.2 Å². The van der Waals surface area contributed by atoms with E-state index in [1.54, 1.807) is 20.8 Å². The summed E-state index contributed by atoms with van der Waals surface area (Å²) in [4.78, 5) is 42.9. The third-order valence-corrected chi connectivity index (χ3v) is 12.1. The average Bonchev–Trinajstić information content (AvgIpc) is 3.04. The van der Waals surface area contributed by atoms with E-state index in [2.05, 4.69) is 20.9 Å². The number of rotatable bonds is 18. The molecule has 15 heteroatoms. The van der Waals surface area contributed by atoms with Crippen LogP contribution in [0.3, 0.4) is 0 Å². The largest absolute Gasteiger partial charge is 0.351 e. The molecule has 13 nitrogen and oxygen atoms in total. The van der Waals surface area contributed by atoms with Crippen LogP contribution in [0.25, 0.3) is 21.8 Å². The normalized spacial score (nSPS) is 12.6. The van der Waals surface area contributed by atoms with Crippen molar-refractivity contribution in [3.8, 4) is 0 Å². The smallest absolute Gasteiger partial charge is 0.319 e. The Balaban J connectivity index is 2.45. The highest BCUT2D eigenvalue weighted by atomic mass is 32.2. The molecule has 0 saturated heterocycles. The molecule has 0 bridgehead atoms. The van der Waals surface area contributed by atoms with E-state index >= 15 is 0 Å². The summed E-state index contributed by atoms with van der Waals surface area (Å²) in [7, 11) is -8.24. The molecule has 0 saturated carbocycles. The quantitative estimate of drug-likeness (QED) is 0.104. The molecule has 0 aliphatic heterocycles. The van der Waals surface area contributed by atoms with Gasteiger partial charge in [0.2, 0.25) is 26.0 Å². The molecule has 3 rings (SSSR count). The van der Waals surface area contributed by atoms with Crippen molar-refractivity contribution in [3.05, 3.63) is 34.5 Å². The molecule has 0 spiro atoms. The molecule has 0 aliphatic rings. The zero-order valence-electron chi connectivity index (χ0n) is 31.4. The number of hydrogen-bond donors (Lipinski definition) is 4. The second-order valence-electron chi connectivity index (χ2n) is 14.0. The van der Waals surface area contributed by atoms with E-state index in [1.807, 2.05) is 27.7 Å². The topological polar surface area (TPSA) is 178 Å². The van der Waals surface area contributed by atoms with Gasteiger partial charge in [-0.05, 0) is 70.7 Å². The van der Waals surface area contributed by atoms with Gasteiger partial charge in [-0.2, -0.15) is 8.61 Å². The lowest BCUT2D eigenvalue weighted by atomic mass is 10.1. The summed E-state index contributed by atoms with van der Waals surface area (Å²) in [5.74, 6) is -0.496. The Morgan fingerprint density at radius 1 is 0.667 bits per heavy atom. The maximum Gasteiger partial charge on any atom is 0.319 e. The molecule has 284 valence electrons. The molecular formula is C36H56N6O7S2. The molecule has 1 heterocycles. The van der Waals surface area contributed by atoms with Crippen LogP contribution in [0.1, 0.15) is 107 Å². The minimum Gasteiger partial charge on any atom is -0.351 e. The fraction of sp³-hybridized carbons (Fsp3) is 0.583. The molecule has 3 amide bonds. The number of nitrogens with one attached hydrogen (secondary N) is 4. The molecule has 3 aromatic rings. The van der Waals surface area contributed by atoms with Gasteiger partial charge in [0, 0.05) is 49.4 Å². The monoisotopic (exact) mass is 748 g/mol. The summed E-state index contributed by atoms with van der Waals surface area (Å²) < 4.78 is 59.3. The number of nitrogens with zero attached hydrogens (tertiary/aromatic N) is 2. The summed E-state index contributed by atoms with van der Waals surface area (Å²) >= 11 is 0. The Kier molecular flexibility index (Phi) is 14.6. The van der Waals surface area contributed by atoms with Crippen molar-refractivity contribution in [1.82, 2.24) is 18.9 Å². The van der Waals surface area contributed by atoms with Gasteiger partial charge in [0.1, 0.15) is 0 Å². The number of hydrogen-bond acceptors (Lipinski definition) is 7. The van der Waals surface area contributed by atoms with E-state index in [0.717, 1.165) is 25.7 Å². The van der Waals surface area contributed by atoms with Crippen molar-refractivity contribution < 1.29 is 26.4 Å². The zero-order chi connectivity index (χ0) is 38.1. The Bertz CT molecular complexity index is 1970. The van der Waals surface area contributed by atoms with E-state index in [4.69, 9.17) is 0 Å². The summed E-state index contributed by atoms with van der Waals surface area (Å²) in [5, 5.41) is 8.05. The highest BCUT2D eigenvalue weighted by molar-refractivity contribution is 7.89. The Morgan fingerprint density at radius 2 is 1.04 bits per heavy atom. The molecule has 1 aromatic heterocycles. The third-order valence-electron chi connectivity index (χ3n) is 8.33. The van der Waals surface area contributed by atoms with Crippen molar-refractivity contribution in [2.75, 3.05) is 36.8 Å². The molecule has 2 aromatic carbocycles. The first kappa shape index (κ1) is 41.9. The second-order valence-corrected chi connectivity index (χ2v) is 17.8. The summed E-state index contributed by atoms with van der Waals surface area (Å²) in [6.45, 7) is 15.7. The maximum absolute atomic E-state index is 14.5. The van der Waals surface area contributed by atoms with Gasteiger partial charge in [-0.1, -0.05) is 53.4 Å². The fourth-order valence-electron chi connectivity index (χ4n) is 5.65. The number of unbranched alkanes of at least 4 members (excludes halogenated alkanes) is 4. The Labute approximate surface area is 303 Å². The highest BCUT2D eigenvalue weighted by Crippen LogP contribution is 2.33. The lowest BCUT2D eigenvalue weighted by Gasteiger charge is -2.24. The number of pyridine rings is 1. The predicted octanol–water partition coefficient (Wildman–Crippen LogP) is 6.74. The van der Waals surface area contributed by atoms with Gasteiger partial charge in [-0.3, -0.25) is 9.59 Å². The van der Waals surface area contributed by atoms with Crippen molar-refractivity contribution in [1.29, 1.82) is 0 Å². The van der Waals surface area contributed by atoms with Gasteiger partial charge in [0.25, 0.3) is 0 Å². The first-order valence-corrected chi connectivity index (χ1v) is 20.8. The number of urea groups is 1. The number of carbonyl (C=O) groups excluding carboxylic acids is 2. The fourth-order valence-corrected chi connectivity index (χ4v) is 8.79. The average molecular weight is 749 g/mol. The minimum absolute atomic E-state index is 0.0218. The summed E-state index contributed by atoms with van der Waals surface area (Å²) in [6.07, 6.45) is 5.67. The van der Waals surface area contributed by atoms with Crippen molar-refractivity contribution in [3.63, 3.8) is 0 Å². The lowest BCUT2D eigenvalue weighted by molar-refractivity contribution is -0.114. The van der Waals surface area contributed by atoms with Crippen LogP contribution in [-0.4, -0.2) is 74.1 Å². The van der Waals surface area contributed by atoms with Crippen LogP contribution in [0.2, 0.25) is 0 Å². The van der Waals surface area contributed by atoms with Crippen LogP contribution >= 0.6 is 0 Å². The van der Waals surface area contributed by atoms with Gasteiger partial charge in [-0.15, -0.1) is 0 Å². The minimum atomic E-state index is -4.14. The van der Waals surface area contributed by atoms with Gasteiger partial charge in [-0.25, -0.2) is 21.6 Å². The number of carbonyl (C=O) groups is 2. The molecule has 4 N–H and O–H groups in total. The number of aromatic amines is 1. The molecule has 0 fully saturated rings. The van der Waals surface area contributed by atoms with E-state index < -0.39 is 43.0 Å². The zero-order valence-corrected chi connectivity index (χ0v) is 33.0. The Hall–Kier alpha value is -3.53. The molecule has 51 heavy (non-hydrogen) atoms. The first-order chi connectivity index (χ1) is 23.9. The number of H-pyrrole nitrogens is 1. The first-order valence-electron chi connectivity index (χ1n) is 18.0. The van der Waals surface area contributed by atoms with Gasteiger partial charge in [0.15, 0.2) is 5.43 Å². The van der Waals surface area contributed by atoms with Crippen LogP contribution in [-0.2, 0) is 24.8 Å². The van der Waals surface area contributed by atoms with Crippen molar-refractivity contribution in [2.45, 2.75) is 122 Å². The molecule has 0 atom stereocenters. The van der Waals surface area contributed by atoms with Crippen LogP contribution in [0.4, 0.5) is 16.2 Å². The third kappa shape index (κ3) is 10.5. The van der Waals surface area contributed by atoms with Gasteiger partial charge >= 0.3 is 6.03 Å². The van der Waals surface area contributed by atoms with Crippen LogP contribution in [0.5, 0.6) is 0 Å². The van der Waals surface area contributed by atoms with Crippen LogP contribution in [0, 0.1) is 0 Å². The number of amides is 3. The predicted molar refractivity (Wildman–Crippen MR) is 205 cm³/mol. The van der Waals surface area contributed by atoms with E-state index in [0.29, 0.717) is 38.8 Å². The second kappa shape index (κ2) is 17.8. The SMILES string of the molecule is CCCCN(CCCC)S(=O)(=O)c1cc(NC(C)=O)c2[nH]c3c(NC(=O)NC(C)(C)C)cc(S(=O)(=O)N(CCCC)CCCC)cc3c(=O)c2c1. The number of sulfonamides is 2. The highest BCUT2D eigenvalue weighted by Gasteiger charge is 2.29. The number of aromatic nitrogens is 1.